The van der Waals surface area contributed by atoms with Gasteiger partial charge in [-0.2, -0.15) is 0 Å². The minimum absolute atomic E-state index is 0.314. The van der Waals surface area contributed by atoms with Gasteiger partial charge in [-0.25, -0.2) is 9.37 Å². The second kappa shape index (κ2) is 5.25. The number of rotatable bonds is 4. The average Bonchev–Trinajstić information content (AvgIpc) is 2.77. The van der Waals surface area contributed by atoms with Gasteiger partial charge in [0.1, 0.15) is 16.6 Å². The highest BCUT2D eigenvalue weighted by atomic mass is 32.1. The van der Waals surface area contributed by atoms with Crippen LogP contribution in [0, 0.1) is 5.82 Å². The Morgan fingerprint density at radius 2 is 2.29 bits per heavy atom. The van der Waals surface area contributed by atoms with E-state index in [2.05, 4.69) is 10.3 Å². The monoisotopic (exact) mass is 252 g/mol. The molecular formula is C12H13FN2OS. The van der Waals surface area contributed by atoms with E-state index in [1.165, 1.54) is 24.5 Å². The van der Waals surface area contributed by atoms with E-state index in [1.54, 1.807) is 12.1 Å². The molecule has 0 saturated carbocycles. The van der Waals surface area contributed by atoms with Crippen LogP contribution in [0.2, 0.25) is 0 Å². The lowest BCUT2D eigenvalue weighted by Gasteiger charge is -2.06. The molecule has 0 atom stereocenters. The second-order valence-electron chi connectivity index (χ2n) is 3.47. The number of methoxy groups -OCH3 is 1. The third kappa shape index (κ3) is 2.45. The Balaban J connectivity index is 2.44. The van der Waals surface area contributed by atoms with Gasteiger partial charge in [0.05, 0.1) is 18.4 Å². The Labute approximate surface area is 103 Å². The zero-order valence-corrected chi connectivity index (χ0v) is 10.5. The molecule has 0 radical (unpaired) electrons. The molecular weight excluding hydrogens is 239 g/mol. The molecule has 0 aliphatic heterocycles. The summed E-state index contributed by atoms with van der Waals surface area (Å²) in [6.45, 7) is 0.682. The number of hydrogen-bond donors (Lipinski definition) is 1. The van der Waals surface area contributed by atoms with Crippen molar-refractivity contribution in [3.63, 3.8) is 0 Å². The van der Waals surface area contributed by atoms with Crippen molar-refractivity contribution in [3.05, 3.63) is 34.4 Å². The largest absolute Gasteiger partial charge is 0.496 e. The number of halogens is 1. The van der Waals surface area contributed by atoms with Gasteiger partial charge >= 0.3 is 0 Å². The molecule has 0 unspecified atom stereocenters. The van der Waals surface area contributed by atoms with Crippen molar-refractivity contribution in [2.75, 3.05) is 14.2 Å². The van der Waals surface area contributed by atoms with Gasteiger partial charge in [-0.3, -0.25) is 0 Å². The highest BCUT2D eigenvalue weighted by molar-refractivity contribution is 7.09. The highest BCUT2D eigenvalue weighted by Gasteiger charge is 2.14. The summed E-state index contributed by atoms with van der Waals surface area (Å²) in [5.74, 6) is 0.192. The van der Waals surface area contributed by atoms with E-state index in [9.17, 15) is 4.39 Å². The van der Waals surface area contributed by atoms with Gasteiger partial charge in [-0.1, -0.05) is 6.07 Å². The Hall–Kier alpha value is -1.46. The fraction of sp³-hybridized carbons (Fsp3) is 0.250. The summed E-state index contributed by atoms with van der Waals surface area (Å²) in [7, 11) is 3.38. The maximum absolute atomic E-state index is 13.8. The van der Waals surface area contributed by atoms with Gasteiger partial charge < -0.3 is 10.1 Å². The first-order valence-electron chi connectivity index (χ1n) is 5.18. The molecule has 0 bridgehead atoms. The summed E-state index contributed by atoms with van der Waals surface area (Å²) >= 11 is 1.50. The van der Waals surface area contributed by atoms with Gasteiger partial charge in [-0.15, -0.1) is 11.3 Å². The SMILES string of the molecule is CNCc1nc(-c2c(F)cccc2OC)cs1. The summed E-state index contributed by atoms with van der Waals surface area (Å²) in [6, 6.07) is 4.77. The normalized spacial score (nSPS) is 10.5. The summed E-state index contributed by atoms with van der Waals surface area (Å²) in [6.07, 6.45) is 0. The number of hydrogen-bond acceptors (Lipinski definition) is 4. The van der Waals surface area contributed by atoms with Crippen LogP contribution in [-0.4, -0.2) is 19.1 Å². The molecule has 0 spiro atoms. The number of nitrogens with zero attached hydrogens (tertiary/aromatic N) is 1. The third-order valence-electron chi connectivity index (χ3n) is 2.33. The van der Waals surface area contributed by atoms with Gasteiger partial charge in [0.25, 0.3) is 0 Å². The first-order valence-corrected chi connectivity index (χ1v) is 6.06. The fourth-order valence-corrected chi connectivity index (χ4v) is 2.38. The highest BCUT2D eigenvalue weighted by Crippen LogP contribution is 2.32. The topological polar surface area (TPSA) is 34.2 Å². The number of aromatic nitrogens is 1. The summed E-state index contributed by atoms with van der Waals surface area (Å²) in [4.78, 5) is 4.38. The number of benzene rings is 1. The molecule has 17 heavy (non-hydrogen) atoms. The van der Waals surface area contributed by atoms with Crippen molar-refractivity contribution in [2.24, 2.45) is 0 Å². The van der Waals surface area contributed by atoms with Crippen LogP contribution in [0.15, 0.2) is 23.6 Å². The van der Waals surface area contributed by atoms with E-state index in [0.717, 1.165) is 5.01 Å². The molecule has 0 saturated heterocycles. The van der Waals surface area contributed by atoms with E-state index < -0.39 is 0 Å². The van der Waals surface area contributed by atoms with Crippen molar-refractivity contribution >= 4 is 11.3 Å². The number of ether oxygens (including phenoxy) is 1. The fourth-order valence-electron chi connectivity index (χ4n) is 1.58. The molecule has 0 aliphatic rings. The third-order valence-corrected chi connectivity index (χ3v) is 3.18. The van der Waals surface area contributed by atoms with Crippen molar-refractivity contribution in [3.8, 4) is 17.0 Å². The predicted octanol–water partition coefficient (Wildman–Crippen LogP) is 2.68. The Morgan fingerprint density at radius 1 is 1.47 bits per heavy atom. The Bertz CT molecular complexity index is 513. The summed E-state index contributed by atoms with van der Waals surface area (Å²) < 4.78 is 18.9. The van der Waals surface area contributed by atoms with Gasteiger partial charge in [-0.05, 0) is 19.2 Å². The molecule has 1 N–H and O–H groups in total. The smallest absolute Gasteiger partial charge is 0.136 e. The minimum Gasteiger partial charge on any atom is -0.496 e. The first-order chi connectivity index (χ1) is 8.26. The molecule has 0 aliphatic carbocycles. The van der Waals surface area contributed by atoms with E-state index in [1.807, 2.05) is 12.4 Å². The summed E-state index contributed by atoms with van der Waals surface area (Å²) in [5.41, 5.74) is 1.05. The van der Waals surface area contributed by atoms with Crippen molar-refractivity contribution < 1.29 is 9.13 Å². The van der Waals surface area contributed by atoms with Crippen LogP contribution in [0.3, 0.4) is 0 Å². The molecule has 90 valence electrons. The molecule has 2 aromatic rings. The van der Waals surface area contributed by atoms with Crippen LogP contribution in [-0.2, 0) is 6.54 Å². The van der Waals surface area contributed by atoms with Crippen LogP contribution in [0.25, 0.3) is 11.3 Å². The van der Waals surface area contributed by atoms with Crippen molar-refractivity contribution in [1.29, 1.82) is 0 Å². The molecule has 1 aromatic heterocycles. The number of thiazole rings is 1. The zero-order valence-electron chi connectivity index (χ0n) is 9.66. The van der Waals surface area contributed by atoms with E-state index >= 15 is 0 Å². The first kappa shape index (κ1) is 12.0. The summed E-state index contributed by atoms with van der Waals surface area (Å²) in [5, 5.41) is 5.78. The van der Waals surface area contributed by atoms with E-state index in [4.69, 9.17) is 4.74 Å². The quantitative estimate of drug-likeness (QED) is 0.908. The molecule has 1 aromatic carbocycles. The predicted molar refractivity (Wildman–Crippen MR) is 66.8 cm³/mol. The Morgan fingerprint density at radius 3 is 3.00 bits per heavy atom. The van der Waals surface area contributed by atoms with Gasteiger partial charge in [0, 0.05) is 11.9 Å². The van der Waals surface area contributed by atoms with Crippen LogP contribution < -0.4 is 10.1 Å². The van der Waals surface area contributed by atoms with Crippen LogP contribution in [0.4, 0.5) is 4.39 Å². The Kier molecular flexibility index (Phi) is 3.71. The van der Waals surface area contributed by atoms with Crippen LogP contribution >= 0.6 is 11.3 Å². The van der Waals surface area contributed by atoms with Crippen molar-refractivity contribution in [1.82, 2.24) is 10.3 Å². The molecule has 3 nitrogen and oxygen atoms in total. The van der Waals surface area contributed by atoms with Gasteiger partial charge in [0.15, 0.2) is 0 Å². The van der Waals surface area contributed by atoms with E-state index in [-0.39, 0.29) is 5.82 Å². The molecule has 2 rings (SSSR count). The maximum atomic E-state index is 13.8. The second-order valence-corrected chi connectivity index (χ2v) is 4.42. The average molecular weight is 252 g/mol. The molecule has 1 heterocycles. The lowest BCUT2D eigenvalue weighted by atomic mass is 10.1. The van der Waals surface area contributed by atoms with Crippen LogP contribution in [0.1, 0.15) is 5.01 Å². The zero-order chi connectivity index (χ0) is 12.3. The van der Waals surface area contributed by atoms with Crippen molar-refractivity contribution in [2.45, 2.75) is 6.54 Å². The maximum Gasteiger partial charge on any atom is 0.136 e. The molecule has 0 fully saturated rings. The van der Waals surface area contributed by atoms with Gasteiger partial charge in [0.2, 0.25) is 0 Å². The van der Waals surface area contributed by atoms with Crippen LogP contribution in [0.5, 0.6) is 5.75 Å². The standard InChI is InChI=1S/C12H13FN2OS/c1-14-6-11-15-9(7-17-11)12-8(13)4-3-5-10(12)16-2/h3-5,7,14H,6H2,1-2H3. The molecule has 5 heteroatoms. The lowest BCUT2D eigenvalue weighted by Crippen LogP contribution is -2.04. The molecule has 0 amide bonds. The minimum atomic E-state index is -0.314. The lowest BCUT2D eigenvalue weighted by molar-refractivity contribution is 0.413. The van der Waals surface area contributed by atoms with E-state index in [0.29, 0.717) is 23.6 Å². The number of nitrogens with one attached hydrogen (secondary N) is 1.